The molecule has 8 nitrogen and oxygen atoms in total. The Labute approximate surface area is 140 Å². The first-order valence-electron chi connectivity index (χ1n) is 7.42. The van der Waals surface area contributed by atoms with Crippen molar-refractivity contribution < 1.29 is 24.0 Å². The summed E-state index contributed by atoms with van der Waals surface area (Å²) in [5.41, 5.74) is -0.441. The number of amides is 1. The highest BCUT2D eigenvalue weighted by Gasteiger charge is 2.25. The Morgan fingerprint density at radius 3 is 2.38 bits per heavy atom. The molecule has 0 saturated heterocycles. The SMILES string of the molecule is CCN(Cc1cc(C(=O)OC)ccc1[N+](=O)[O-])C(=O)OC(C)(C)C. The van der Waals surface area contributed by atoms with Crippen LogP contribution in [0.4, 0.5) is 10.5 Å². The molecule has 0 heterocycles. The molecule has 0 fully saturated rings. The van der Waals surface area contributed by atoms with Crippen molar-refractivity contribution >= 4 is 17.7 Å². The maximum Gasteiger partial charge on any atom is 0.410 e. The van der Waals surface area contributed by atoms with Crippen molar-refractivity contribution in [2.45, 2.75) is 39.8 Å². The van der Waals surface area contributed by atoms with Crippen LogP contribution < -0.4 is 0 Å². The quantitative estimate of drug-likeness (QED) is 0.464. The van der Waals surface area contributed by atoms with Gasteiger partial charge in [0.15, 0.2) is 0 Å². The number of methoxy groups -OCH3 is 1. The smallest absolute Gasteiger partial charge is 0.410 e. The lowest BCUT2D eigenvalue weighted by atomic mass is 10.1. The Morgan fingerprint density at radius 2 is 1.92 bits per heavy atom. The molecule has 1 rings (SSSR count). The second kappa shape index (κ2) is 7.76. The van der Waals surface area contributed by atoms with E-state index >= 15 is 0 Å². The molecule has 0 spiro atoms. The Kier molecular flexibility index (Phi) is 6.27. The second-order valence-corrected chi connectivity index (χ2v) is 6.09. The molecule has 0 aliphatic rings. The summed E-state index contributed by atoms with van der Waals surface area (Å²) in [6.45, 7) is 7.19. The van der Waals surface area contributed by atoms with E-state index in [1.807, 2.05) is 0 Å². The van der Waals surface area contributed by atoms with Gasteiger partial charge >= 0.3 is 12.1 Å². The minimum atomic E-state index is -0.676. The van der Waals surface area contributed by atoms with Crippen LogP contribution in [0.5, 0.6) is 0 Å². The van der Waals surface area contributed by atoms with Gasteiger partial charge in [-0.05, 0) is 39.8 Å². The summed E-state index contributed by atoms with van der Waals surface area (Å²) in [7, 11) is 1.22. The summed E-state index contributed by atoms with van der Waals surface area (Å²) in [4.78, 5) is 35.8. The van der Waals surface area contributed by atoms with Crippen LogP contribution in [0.1, 0.15) is 43.6 Å². The van der Waals surface area contributed by atoms with Crippen molar-refractivity contribution in [3.8, 4) is 0 Å². The fourth-order valence-electron chi connectivity index (χ4n) is 1.97. The van der Waals surface area contributed by atoms with E-state index in [9.17, 15) is 19.7 Å². The van der Waals surface area contributed by atoms with Gasteiger partial charge in [-0.15, -0.1) is 0 Å². The third-order valence-electron chi connectivity index (χ3n) is 3.09. The summed E-state index contributed by atoms with van der Waals surface area (Å²) in [5, 5.41) is 11.2. The van der Waals surface area contributed by atoms with Gasteiger partial charge in [-0.1, -0.05) is 0 Å². The molecule has 0 N–H and O–H groups in total. The van der Waals surface area contributed by atoms with Gasteiger partial charge in [-0.2, -0.15) is 0 Å². The van der Waals surface area contributed by atoms with Gasteiger partial charge in [0.2, 0.25) is 0 Å². The van der Waals surface area contributed by atoms with Crippen LogP contribution in [-0.4, -0.2) is 41.1 Å². The molecule has 0 aliphatic carbocycles. The van der Waals surface area contributed by atoms with Crippen LogP contribution in [0.2, 0.25) is 0 Å². The third-order valence-corrected chi connectivity index (χ3v) is 3.09. The highest BCUT2D eigenvalue weighted by molar-refractivity contribution is 5.90. The Hall–Kier alpha value is -2.64. The monoisotopic (exact) mass is 338 g/mol. The van der Waals surface area contributed by atoms with E-state index in [0.717, 1.165) is 0 Å². The van der Waals surface area contributed by atoms with E-state index < -0.39 is 22.6 Å². The molecule has 1 aromatic rings. The van der Waals surface area contributed by atoms with Gasteiger partial charge in [0, 0.05) is 12.6 Å². The lowest BCUT2D eigenvalue weighted by Gasteiger charge is -2.26. The molecule has 0 bridgehead atoms. The molecule has 132 valence electrons. The molecule has 0 radical (unpaired) electrons. The predicted molar refractivity (Wildman–Crippen MR) is 86.8 cm³/mol. The number of ether oxygens (including phenoxy) is 2. The molecular weight excluding hydrogens is 316 g/mol. The van der Waals surface area contributed by atoms with Gasteiger partial charge in [-0.3, -0.25) is 10.1 Å². The molecule has 0 atom stereocenters. The number of carbonyl (C=O) groups is 2. The number of hydrogen-bond donors (Lipinski definition) is 0. The third kappa shape index (κ3) is 5.22. The summed E-state index contributed by atoms with van der Waals surface area (Å²) < 4.78 is 9.91. The number of nitrogens with zero attached hydrogens (tertiary/aromatic N) is 2. The molecule has 8 heteroatoms. The number of benzene rings is 1. The van der Waals surface area contributed by atoms with Crippen molar-refractivity contribution in [3.63, 3.8) is 0 Å². The maximum atomic E-state index is 12.2. The lowest BCUT2D eigenvalue weighted by Crippen LogP contribution is -2.36. The average Bonchev–Trinajstić information content (AvgIpc) is 2.49. The number of carbonyl (C=O) groups excluding carboxylic acids is 2. The number of hydrogen-bond acceptors (Lipinski definition) is 6. The summed E-state index contributed by atoms with van der Waals surface area (Å²) in [5.74, 6) is -0.605. The Balaban J connectivity index is 3.15. The van der Waals surface area contributed by atoms with E-state index in [1.54, 1.807) is 27.7 Å². The summed E-state index contributed by atoms with van der Waals surface area (Å²) in [6.07, 6.45) is -0.581. The first-order valence-corrected chi connectivity index (χ1v) is 7.42. The summed E-state index contributed by atoms with van der Waals surface area (Å²) >= 11 is 0. The number of esters is 1. The first-order chi connectivity index (χ1) is 11.1. The highest BCUT2D eigenvalue weighted by atomic mass is 16.6. The van der Waals surface area contributed by atoms with Gasteiger partial charge < -0.3 is 14.4 Å². The van der Waals surface area contributed by atoms with E-state index in [-0.39, 0.29) is 23.4 Å². The molecule has 0 aromatic heterocycles. The van der Waals surface area contributed by atoms with E-state index in [2.05, 4.69) is 4.74 Å². The van der Waals surface area contributed by atoms with E-state index in [1.165, 1.54) is 30.2 Å². The van der Waals surface area contributed by atoms with Gasteiger partial charge in [0.1, 0.15) is 5.60 Å². The van der Waals surface area contributed by atoms with Crippen molar-refractivity contribution in [2.24, 2.45) is 0 Å². The largest absolute Gasteiger partial charge is 0.465 e. The maximum absolute atomic E-state index is 12.2. The predicted octanol–water partition coefficient (Wildman–Crippen LogP) is 3.14. The molecule has 0 aliphatic heterocycles. The van der Waals surface area contributed by atoms with E-state index in [4.69, 9.17) is 4.74 Å². The van der Waals surface area contributed by atoms with Gasteiger partial charge in [-0.25, -0.2) is 9.59 Å². The zero-order valence-corrected chi connectivity index (χ0v) is 14.5. The molecule has 1 amide bonds. The summed E-state index contributed by atoms with van der Waals surface area (Å²) in [6, 6.07) is 3.90. The molecule has 1 aromatic carbocycles. The normalized spacial score (nSPS) is 10.9. The first kappa shape index (κ1) is 19.4. The van der Waals surface area contributed by atoms with Crippen molar-refractivity contribution in [1.29, 1.82) is 0 Å². The molecule has 0 unspecified atom stereocenters. The standard InChI is InChI=1S/C16H22N2O6/c1-6-17(15(20)24-16(2,3)4)10-12-9-11(14(19)23-5)7-8-13(12)18(21)22/h7-9H,6,10H2,1-5H3. The number of nitro benzene ring substituents is 1. The van der Waals surface area contributed by atoms with Gasteiger partial charge in [0.05, 0.1) is 29.7 Å². The van der Waals surface area contributed by atoms with Gasteiger partial charge in [0.25, 0.3) is 5.69 Å². The minimum absolute atomic E-state index is 0.0490. The van der Waals surface area contributed by atoms with Crippen molar-refractivity contribution in [2.75, 3.05) is 13.7 Å². The lowest BCUT2D eigenvalue weighted by molar-refractivity contribution is -0.385. The van der Waals surface area contributed by atoms with Crippen LogP contribution in [0, 0.1) is 10.1 Å². The number of nitro groups is 1. The van der Waals surface area contributed by atoms with Crippen LogP contribution in [0.25, 0.3) is 0 Å². The molecule has 24 heavy (non-hydrogen) atoms. The van der Waals surface area contributed by atoms with Crippen LogP contribution >= 0.6 is 0 Å². The zero-order chi connectivity index (χ0) is 18.5. The van der Waals surface area contributed by atoms with Crippen LogP contribution in [0.3, 0.4) is 0 Å². The zero-order valence-electron chi connectivity index (χ0n) is 14.5. The van der Waals surface area contributed by atoms with E-state index in [0.29, 0.717) is 6.54 Å². The minimum Gasteiger partial charge on any atom is -0.465 e. The van der Waals surface area contributed by atoms with Crippen LogP contribution in [-0.2, 0) is 16.0 Å². The van der Waals surface area contributed by atoms with Crippen molar-refractivity contribution in [3.05, 3.63) is 39.4 Å². The Bertz CT molecular complexity index is 636. The average molecular weight is 338 g/mol. The number of rotatable bonds is 5. The van der Waals surface area contributed by atoms with Crippen molar-refractivity contribution in [1.82, 2.24) is 4.90 Å². The van der Waals surface area contributed by atoms with Crippen LogP contribution in [0.15, 0.2) is 18.2 Å². The second-order valence-electron chi connectivity index (χ2n) is 6.09. The molecular formula is C16H22N2O6. The highest BCUT2D eigenvalue weighted by Crippen LogP contribution is 2.23. The Morgan fingerprint density at radius 1 is 1.29 bits per heavy atom. The topological polar surface area (TPSA) is 99.0 Å². The fourth-order valence-corrected chi connectivity index (χ4v) is 1.97. The fraction of sp³-hybridized carbons (Fsp3) is 0.500. The molecule has 0 saturated carbocycles.